The summed E-state index contributed by atoms with van der Waals surface area (Å²) in [4.78, 5) is 11.7. The van der Waals surface area contributed by atoms with Crippen LogP contribution in [-0.2, 0) is 16.0 Å². The molecule has 1 amide bonds. The van der Waals surface area contributed by atoms with Gasteiger partial charge in [-0.2, -0.15) is 5.10 Å². The molecule has 26 heavy (non-hydrogen) atoms. The van der Waals surface area contributed by atoms with Crippen molar-refractivity contribution in [1.82, 2.24) is 15.3 Å². The highest BCUT2D eigenvalue weighted by molar-refractivity contribution is 6.30. The molecule has 0 bridgehead atoms. The van der Waals surface area contributed by atoms with Crippen molar-refractivity contribution >= 4 is 29.9 Å². The number of rotatable bonds is 8. The van der Waals surface area contributed by atoms with E-state index in [9.17, 15) is 4.79 Å². The Bertz CT molecular complexity index is 689. The summed E-state index contributed by atoms with van der Waals surface area (Å²) in [6.07, 6.45) is 2.06. The van der Waals surface area contributed by atoms with Gasteiger partial charge in [0.25, 0.3) is 0 Å². The third-order valence-electron chi connectivity index (χ3n) is 4.20. The Morgan fingerprint density at radius 2 is 1.96 bits per heavy atom. The van der Waals surface area contributed by atoms with Crippen molar-refractivity contribution in [1.29, 1.82) is 0 Å². The van der Waals surface area contributed by atoms with Crippen molar-refractivity contribution < 1.29 is 14.7 Å². The lowest BCUT2D eigenvalue weighted by Crippen LogP contribution is -2.32. The van der Waals surface area contributed by atoms with Gasteiger partial charge < -0.3 is 4.74 Å². The number of benzene rings is 1. The summed E-state index contributed by atoms with van der Waals surface area (Å²) < 4.78 is 7.53. The summed E-state index contributed by atoms with van der Waals surface area (Å²) in [5.74, 6) is -0.586. The van der Waals surface area contributed by atoms with E-state index in [1.54, 1.807) is 18.8 Å². The van der Waals surface area contributed by atoms with Gasteiger partial charge in [-0.25, -0.2) is 5.48 Å². The zero-order valence-electron chi connectivity index (χ0n) is 15.1. The summed E-state index contributed by atoms with van der Waals surface area (Å²) >= 11 is 5.97. The minimum Gasteiger partial charge on any atom is -0.380 e. The molecule has 2 atom stereocenters. The molecule has 144 valence electrons. The number of carbonyl (C=O) groups excluding carboxylic acids is 1. The quantitative estimate of drug-likeness (QED) is 0.521. The standard InChI is InChI=1S/C18H24ClN3O3.ClH/c1-12(2)22-16(8-9-20-22)15(17(25-3)11-18(23)21-24)10-13-4-6-14(19)7-5-13;/h4-9,12,15,17,24H,10-11H2,1-3H3,(H,21,23);1H. The number of carbonyl (C=O) groups is 1. The van der Waals surface area contributed by atoms with Crippen LogP contribution in [0.3, 0.4) is 0 Å². The van der Waals surface area contributed by atoms with E-state index in [-0.39, 0.29) is 30.8 Å². The van der Waals surface area contributed by atoms with Crippen molar-refractivity contribution in [3.63, 3.8) is 0 Å². The van der Waals surface area contributed by atoms with Crippen molar-refractivity contribution in [2.24, 2.45) is 0 Å². The minimum atomic E-state index is -0.483. The average Bonchev–Trinajstić information content (AvgIpc) is 3.09. The first-order valence-corrected chi connectivity index (χ1v) is 8.57. The average molecular weight is 402 g/mol. The van der Waals surface area contributed by atoms with Gasteiger partial charge in [-0.15, -0.1) is 12.4 Å². The number of nitrogens with one attached hydrogen (secondary N) is 1. The summed E-state index contributed by atoms with van der Waals surface area (Å²) in [7, 11) is 1.57. The fraction of sp³-hybridized carbons (Fsp3) is 0.444. The van der Waals surface area contributed by atoms with E-state index in [2.05, 4.69) is 18.9 Å². The number of aromatic nitrogens is 2. The molecule has 0 aliphatic heterocycles. The number of methoxy groups -OCH3 is 1. The van der Waals surface area contributed by atoms with E-state index in [0.29, 0.717) is 11.4 Å². The van der Waals surface area contributed by atoms with E-state index in [1.165, 1.54) is 0 Å². The zero-order valence-corrected chi connectivity index (χ0v) is 16.6. The normalized spacial score (nSPS) is 13.2. The molecular formula is C18H25Cl2N3O3. The van der Waals surface area contributed by atoms with Crippen LogP contribution in [0.4, 0.5) is 0 Å². The first-order valence-electron chi connectivity index (χ1n) is 8.19. The molecule has 1 aromatic heterocycles. The van der Waals surface area contributed by atoms with Crippen molar-refractivity contribution in [3.8, 4) is 0 Å². The monoisotopic (exact) mass is 401 g/mol. The van der Waals surface area contributed by atoms with Crippen LogP contribution in [0.1, 0.15) is 43.5 Å². The Balaban J connectivity index is 0.00000338. The lowest BCUT2D eigenvalue weighted by atomic mass is 9.88. The largest absolute Gasteiger partial charge is 0.380 e. The second-order valence-electron chi connectivity index (χ2n) is 6.24. The van der Waals surface area contributed by atoms with E-state index < -0.39 is 12.0 Å². The van der Waals surface area contributed by atoms with Crippen LogP contribution in [0.2, 0.25) is 5.02 Å². The third kappa shape index (κ3) is 5.71. The van der Waals surface area contributed by atoms with Crippen LogP contribution in [0, 0.1) is 0 Å². The molecule has 0 spiro atoms. The van der Waals surface area contributed by atoms with Gasteiger partial charge in [0.2, 0.25) is 5.91 Å². The molecule has 2 aromatic rings. The summed E-state index contributed by atoms with van der Waals surface area (Å²) in [6, 6.07) is 9.74. The number of halogens is 2. The van der Waals surface area contributed by atoms with Gasteiger partial charge in [0.15, 0.2) is 0 Å². The molecule has 0 radical (unpaired) electrons. The predicted molar refractivity (Wildman–Crippen MR) is 103 cm³/mol. The Kier molecular flexibility index (Phi) is 9.08. The fourth-order valence-corrected chi connectivity index (χ4v) is 3.09. The molecule has 2 rings (SSSR count). The number of hydrogen-bond acceptors (Lipinski definition) is 4. The molecule has 0 aliphatic carbocycles. The number of amides is 1. The maximum absolute atomic E-state index is 11.7. The Morgan fingerprint density at radius 1 is 1.31 bits per heavy atom. The Labute approximate surface area is 164 Å². The van der Waals surface area contributed by atoms with Crippen LogP contribution in [0.15, 0.2) is 36.5 Å². The van der Waals surface area contributed by atoms with Gasteiger partial charge in [-0.1, -0.05) is 23.7 Å². The highest BCUT2D eigenvalue weighted by Gasteiger charge is 2.29. The lowest BCUT2D eigenvalue weighted by Gasteiger charge is -2.27. The molecule has 6 nitrogen and oxygen atoms in total. The second kappa shape index (κ2) is 10.5. The van der Waals surface area contributed by atoms with Crippen LogP contribution in [0.25, 0.3) is 0 Å². The highest BCUT2D eigenvalue weighted by atomic mass is 35.5. The first kappa shape index (κ1) is 22.4. The summed E-state index contributed by atoms with van der Waals surface area (Å²) in [5.41, 5.74) is 3.75. The molecule has 1 aromatic carbocycles. The number of ether oxygens (including phenoxy) is 1. The lowest BCUT2D eigenvalue weighted by molar-refractivity contribution is -0.132. The van der Waals surface area contributed by atoms with Crippen molar-refractivity contribution in [2.45, 2.75) is 44.8 Å². The molecule has 2 N–H and O–H groups in total. The number of hydroxylamine groups is 1. The van der Waals surface area contributed by atoms with Gasteiger partial charge in [0.05, 0.1) is 12.5 Å². The molecule has 0 aliphatic rings. The van der Waals surface area contributed by atoms with Gasteiger partial charge >= 0.3 is 0 Å². The summed E-state index contributed by atoms with van der Waals surface area (Å²) in [5, 5.41) is 13.9. The number of nitrogens with zero attached hydrogens (tertiary/aromatic N) is 2. The van der Waals surface area contributed by atoms with E-state index >= 15 is 0 Å². The zero-order chi connectivity index (χ0) is 18.4. The van der Waals surface area contributed by atoms with Gasteiger partial charge in [0.1, 0.15) is 0 Å². The van der Waals surface area contributed by atoms with Gasteiger partial charge in [-0.05, 0) is 44.0 Å². The van der Waals surface area contributed by atoms with Crippen LogP contribution in [-0.4, -0.2) is 34.1 Å². The highest BCUT2D eigenvalue weighted by Crippen LogP contribution is 2.30. The maximum atomic E-state index is 11.7. The van der Waals surface area contributed by atoms with Crippen LogP contribution >= 0.6 is 24.0 Å². The molecule has 0 saturated carbocycles. The molecule has 2 unspecified atom stereocenters. The van der Waals surface area contributed by atoms with Crippen LogP contribution in [0.5, 0.6) is 0 Å². The molecule has 0 fully saturated rings. The third-order valence-corrected chi connectivity index (χ3v) is 4.45. The Morgan fingerprint density at radius 3 is 2.50 bits per heavy atom. The van der Waals surface area contributed by atoms with Crippen molar-refractivity contribution in [2.75, 3.05) is 7.11 Å². The number of hydrogen-bond donors (Lipinski definition) is 2. The van der Waals surface area contributed by atoms with E-state index in [1.807, 2.05) is 35.0 Å². The van der Waals surface area contributed by atoms with Crippen molar-refractivity contribution in [3.05, 3.63) is 52.8 Å². The molecule has 1 heterocycles. The second-order valence-corrected chi connectivity index (χ2v) is 6.68. The summed E-state index contributed by atoms with van der Waals surface area (Å²) in [6.45, 7) is 4.11. The smallest absolute Gasteiger partial charge is 0.245 e. The predicted octanol–water partition coefficient (Wildman–Crippen LogP) is 3.78. The molecular weight excluding hydrogens is 377 g/mol. The van der Waals surface area contributed by atoms with E-state index in [0.717, 1.165) is 11.3 Å². The van der Waals surface area contributed by atoms with Crippen LogP contribution < -0.4 is 5.48 Å². The Hall–Kier alpha value is -1.60. The fourth-order valence-electron chi connectivity index (χ4n) is 2.97. The van der Waals surface area contributed by atoms with Gasteiger partial charge in [-0.3, -0.25) is 14.7 Å². The molecule has 8 heteroatoms. The molecule has 0 saturated heterocycles. The minimum absolute atomic E-state index is 0. The van der Waals surface area contributed by atoms with E-state index in [4.69, 9.17) is 21.5 Å². The van der Waals surface area contributed by atoms with Gasteiger partial charge in [0, 0.05) is 36.0 Å². The first-order chi connectivity index (χ1) is 12.0. The topological polar surface area (TPSA) is 76.4 Å². The maximum Gasteiger partial charge on any atom is 0.245 e. The SMILES string of the molecule is COC(CC(=O)NO)C(Cc1ccc(Cl)cc1)c1ccnn1C(C)C.Cl.